The molecule has 0 bridgehead atoms. The maximum absolute atomic E-state index is 12.2. The van der Waals surface area contributed by atoms with Gasteiger partial charge in [-0.05, 0) is 61.7 Å². The van der Waals surface area contributed by atoms with Crippen molar-refractivity contribution in [3.63, 3.8) is 0 Å². The van der Waals surface area contributed by atoms with E-state index in [-0.39, 0.29) is 18.1 Å². The van der Waals surface area contributed by atoms with Crippen molar-refractivity contribution in [2.75, 3.05) is 19.8 Å². The molecular weight excluding hydrogens is 354 g/mol. The van der Waals surface area contributed by atoms with Crippen LogP contribution in [0.3, 0.4) is 0 Å². The molecule has 6 nitrogen and oxygen atoms in total. The smallest absolute Gasteiger partial charge is 0.321 e. The predicted octanol–water partition coefficient (Wildman–Crippen LogP) is 2.51. The average molecular weight is 377 g/mol. The molecule has 7 heteroatoms. The van der Waals surface area contributed by atoms with Crippen LogP contribution in [0.15, 0.2) is 47.4 Å². The first kappa shape index (κ1) is 19.9. The number of sulfonamides is 1. The van der Waals surface area contributed by atoms with Crippen LogP contribution in [0.25, 0.3) is 0 Å². The van der Waals surface area contributed by atoms with Crippen molar-refractivity contribution in [3.05, 3.63) is 59.2 Å². The zero-order valence-electron chi connectivity index (χ0n) is 15.1. The van der Waals surface area contributed by atoms with Gasteiger partial charge in [0.2, 0.25) is 10.0 Å². The van der Waals surface area contributed by atoms with Crippen molar-refractivity contribution in [2.45, 2.75) is 25.7 Å². The van der Waals surface area contributed by atoms with Crippen molar-refractivity contribution in [3.8, 4) is 5.75 Å². The van der Waals surface area contributed by atoms with Gasteiger partial charge in [0, 0.05) is 0 Å². The molecule has 0 saturated heterocycles. The number of rotatable bonds is 8. The van der Waals surface area contributed by atoms with Crippen molar-refractivity contribution < 1.29 is 22.7 Å². The molecule has 0 heterocycles. The predicted molar refractivity (Wildman–Crippen MR) is 98.7 cm³/mol. The van der Waals surface area contributed by atoms with Crippen LogP contribution in [-0.4, -0.2) is 34.1 Å². The molecule has 0 amide bonds. The normalized spacial score (nSPS) is 11.2. The van der Waals surface area contributed by atoms with Crippen molar-refractivity contribution in [1.29, 1.82) is 0 Å². The first-order chi connectivity index (χ1) is 12.3. The molecule has 2 rings (SSSR count). The second-order valence-corrected chi connectivity index (χ2v) is 7.72. The quantitative estimate of drug-likeness (QED) is 0.565. The topological polar surface area (TPSA) is 81.7 Å². The van der Waals surface area contributed by atoms with Gasteiger partial charge in [0.1, 0.15) is 25.5 Å². The Kier molecular flexibility index (Phi) is 6.76. The summed E-state index contributed by atoms with van der Waals surface area (Å²) in [7, 11) is -3.76. The Balaban J connectivity index is 1.76. The van der Waals surface area contributed by atoms with Gasteiger partial charge in [0.15, 0.2) is 0 Å². The van der Waals surface area contributed by atoms with Crippen LogP contribution in [0, 0.1) is 20.8 Å². The van der Waals surface area contributed by atoms with Crippen LogP contribution in [-0.2, 0) is 19.6 Å². The highest BCUT2D eigenvalue weighted by Gasteiger charge is 2.16. The Morgan fingerprint density at radius 2 is 1.77 bits per heavy atom. The molecule has 0 atom stereocenters. The van der Waals surface area contributed by atoms with Gasteiger partial charge >= 0.3 is 5.97 Å². The van der Waals surface area contributed by atoms with Gasteiger partial charge in [-0.3, -0.25) is 4.79 Å². The number of esters is 1. The molecule has 0 saturated carbocycles. The van der Waals surface area contributed by atoms with Gasteiger partial charge in [-0.1, -0.05) is 18.2 Å². The highest BCUT2D eigenvalue weighted by atomic mass is 32.2. The summed E-state index contributed by atoms with van der Waals surface area (Å²) in [6.07, 6.45) is 0. The summed E-state index contributed by atoms with van der Waals surface area (Å²) < 4.78 is 37.1. The van der Waals surface area contributed by atoms with E-state index >= 15 is 0 Å². The second-order valence-electron chi connectivity index (χ2n) is 5.96. The molecule has 0 unspecified atom stereocenters. The standard InChI is InChI=1S/C19H23NO5S/c1-14-5-4-6-17(11-14)24-9-10-25-19(21)13-20-26(22,23)18-8-7-15(2)16(3)12-18/h4-8,11-12,20H,9-10,13H2,1-3H3. The number of benzene rings is 2. The number of hydrogen-bond donors (Lipinski definition) is 1. The van der Waals surface area contributed by atoms with Crippen LogP contribution < -0.4 is 9.46 Å². The fraction of sp³-hybridized carbons (Fsp3) is 0.316. The second kappa shape index (κ2) is 8.82. The molecule has 0 radical (unpaired) electrons. The third-order valence-electron chi connectivity index (χ3n) is 3.80. The van der Waals surface area contributed by atoms with E-state index in [0.29, 0.717) is 5.75 Å². The third kappa shape index (κ3) is 5.86. The van der Waals surface area contributed by atoms with Gasteiger partial charge in [0.25, 0.3) is 0 Å². The molecule has 0 aromatic heterocycles. The van der Waals surface area contributed by atoms with Crippen LogP contribution in [0.1, 0.15) is 16.7 Å². The molecule has 140 valence electrons. The molecule has 0 spiro atoms. The molecule has 2 aromatic carbocycles. The zero-order chi connectivity index (χ0) is 19.2. The number of nitrogens with one attached hydrogen (secondary N) is 1. The van der Waals surface area contributed by atoms with E-state index in [4.69, 9.17) is 9.47 Å². The number of carbonyl (C=O) groups excluding carboxylic acids is 1. The number of aryl methyl sites for hydroxylation is 3. The van der Waals surface area contributed by atoms with Gasteiger partial charge in [-0.25, -0.2) is 8.42 Å². The lowest BCUT2D eigenvalue weighted by Gasteiger charge is -2.10. The minimum atomic E-state index is -3.76. The van der Waals surface area contributed by atoms with E-state index in [1.807, 2.05) is 45.0 Å². The minimum Gasteiger partial charge on any atom is -0.490 e. The molecule has 0 aliphatic heterocycles. The van der Waals surface area contributed by atoms with Crippen LogP contribution in [0.5, 0.6) is 5.75 Å². The summed E-state index contributed by atoms with van der Waals surface area (Å²) in [6, 6.07) is 12.3. The van der Waals surface area contributed by atoms with Crippen molar-refractivity contribution in [1.82, 2.24) is 4.72 Å². The molecule has 0 aliphatic carbocycles. The average Bonchev–Trinajstić information content (AvgIpc) is 2.59. The summed E-state index contributed by atoms with van der Waals surface area (Å²) in [5.74, 6) is 0.0294. The minimum absolute atomic E-state index is 0.0398. The summed E-state index contributed by atoms with van der Waals surface area (Å²) in [6.45, 7) is 5.48. The zero-order valence-corrected chi connectivity index (χ0v) is 15.9. The van der Waals surface area contributed by atoms with Gasteiger partial charge in [0.05, 0.1) is 4.90 Å². The lowest BCUT2D eigenvalue weighted by atomic mass is 10.1. The summed E-state index contributed by atoms with van der Waals surface area (Å²) in [5.41, 5.74) is 2.93. The Morgan fingerprint density at radius 3 is 2.46 bits per heavy atom. The van der Waals surface area contributed by atoms with E-state index in [1.54, 1.807) is 12.1 Å². The highest BCUT2D eigenvalue weighted by molar-refractivity contribution is 7.89. The van der Waals surface area contributed by atoms with E-state index in [2.05, 4.69) is 4.72 Å². The lowest BCUT2D eigenvalue weighted by molar-refractivity contribution is -0.142. The fourth-order valence-corrected chi connectivity index (χ4v) is 3.24. The maximum atomic E-state index is 12.2. The Labute approximate surface area is 154 Å². The van der Waals surface area contributed by atoms with E-state index in [1.165, 1.54) is 6.07 Å². The number of carbonyl (C=O) groups is 1. The van der Waals surface area contributed by atoms with Crippen LogP contribution in [0.4, 0.5) is 0 Å². The van der Waals surface area contributed by atoms with Crippen molar-refractivity contribution in [2.24, 2.45) is 0 Å². The molecular formula is C19H23NO5S. The lowest BCUT2D eigenvalue weighted by Crippen LogP contribution is -2.31. The summed E-state index contributed by atoms with van der Waals surface area (Å²) in [5, 5.41) is 0. The highest BCUT2D eigenvalue weighted by Crippen LogP contribution is 2.14. The monoisotopic (exact) mass is 377 g/mol. The Bertz CT molecular complexity index is 877. The summed E-state index contributed by atoms with van der Waals surface area (Å²) >= 11 is 0. The Morgan fingerprint density at radius 1 is 1.00 bits per heavy atom. The van der Waals surface area contributed by atoms with E-state index in [9.17, 15) is 13.2 Å². The van der Waals surface area contributed by atoms with Gasteiger partial charge in [-0.15, -0.1) is 0 Å². The molecule has 0 aliphatic rings. The third-order valence-corrected chi connectivity index (χ3v) is 5.20. The van der Waals surface area contributed by atoms with E-state index < -0.39 is 22.5 Å². The number of ether oxygens (including phenoxy) is 2. The van der Waals surface area contributed by atoms with Crippen molar-refractivity contribution >= 4 is 16.0 Å². The molecule has 0 fully saturated rings. The largest absolute Gasteiger partial charge is 0.490 e. The molecule has 1 N–H and O–H groups in total. The van der Waals surface area contributed by atoms with Gasteiger partial charge in [-0.2, -0.15) is 4.72 Å². The SMILES string of the molecule is Cc1cccc(OCCOC(=O)CNS(=O)(=O)c2ccc(C)c(C)c2)c1. The van der Waals surface area contributed by atoms with Gasteiger partial charge < -0.3 is 9.47 Å². The molecule has 26 heavy (non-hydrogen) atoms. The summed E-state index contributed by atoms with van der Waals surface area (Å²) in [4.78, 5) is 11.8. The van der Waals surface area contributed by atoms with E-state index in [0.717, 1.165) is 16.7 Å². The number of hydrogen-bond acceptors (Lipinski definition) is 5. The van der Waals surface area contributed by atoms with Crippen LogP contribution in [0.2, 0.25) is 0 Å². The Hall–Kier alpha value is -2.38. The van der Waals surface area contributed by atoms with Crippen LogP contribution >= 0.6 is 0 Å². The molecule has 2 aromatic rings. The first-order valence-corrected chi connectivity index (χ1v) is 9.68. The fourth-order valence-electron chi connectivity index (χ4n) is 2.19. The first-order valence-electron chi connectivity index (χ1n) is 8.20. The maximum Gasteiger partial charge on any atom is 0.321 e.